The molecule has 0 aromatic heterocycles. The highest BCUT2D eigenvalue weighted by Crippen LogP contribution is 2.29. The Balaban J connectivity index is 2.31. The first-order chi connectivity index (χ1) is 9.54. The smallest absolute Gasteiger partial charge is 0.312 e. The maximum absolute atomic E-state index is 12.3. The van der Waals surface area contributed by atoms with Crippen molar-refractivity contribution in [1.29, 1.82) is 0 Å². The number of nitrogens with zero attached hydrogens (tertiary/aromatic N) is 1. The lowest BCUT2D eigenvalue weighted by atomic mass is 9.89. The highest BCUT2D eigenvalue weighted by Gasteiger charge is 2.32. The average molecular weight is 273 g/mol. The second-order valence-electron chi connectivity index (χ2n) is 5.07. The molecule has 4 heteroatoms. The molecular weight excluding hydrogens is 254 g/mol. The molecule has 0 spiro atoms. The zero-order valence-electron chi connectivity index (χ0n) is 11.8. The van der Waals surface area contributed by atoms with Crippen LogP contribution in [0.2, 0.25) is 0 Å². The van der Waals surface area contributed by atoms with Crippen molar-refractivity contribution in [3.63, 3.8) is 0 Å². The van der Waals surface area contributed by atoms with E-state index >= 15 is 0 Å². The maximum Gasteiger partial charge on any atom is 0.312 e. The van der Waals surface area contributed by atoms with Gasteiger partial charge in [-0.1, -0.05) is 37.3 Å². The monoisotopic (exact) mass is 273 g/mol. The largest absolute Gasteiger partial charge is 0.481 e. The van der Waals surface area contributed by atoms with Crippen LogP contribution < -0.4 is 0 Å². The van der Waals surface area contributed by atoms with Crippen molar-refractivity contribution < 1.29 is 14.7 Å². The summed E-state index contributed by atoms with van der Waals surface area (Å²) in [6.45, 7) is 4.47. The summed E-state index contributed by atoms with van der Waals surface area (Å²) in [6.07, 6.45) is 2.67. The fraction of sp³-hybridized carbons (Fsp3) is 0.375. The standard InChI is InChI=1S/C16H19NO3/c1-3-6-11(2)15(18)17-9-12-7-4-5-8-13(12)14(10-17)16(19)20/h4-8,14H,3,9-10H2,1-2H3,(H,19,20). The lowest BCUT2D eigenvalue weighted by Gasteiger charge is -2.33. The number of hydrogen-bond acceptors (Lipinski definition) is 2. The van der Waals surface area contributed by atoms with Crippen molar-refractivity contribution >= 4 is 11.9 Å². The molecule has 0 bridgehead atoms. The van der Waals surface area contributed by atoms with Crippen LogP contribution in [-0.2, 0) is 16.1 Å². The zero-order valence-corrected chi connectivity index (χ0v) is 11.8. The number of fused-ring (bicyclic) bond motifs is 1. The van der Waals surface area contributed by atoms with Crippen LogP contribution >= 0.6 is 0 Å². The van der Waals surface area contributed by atoms with Gasteiger partial charge in [0.15, 0.2) is 0 Å². The topological polar surface area (TPSA) is 57.6 Å². The molecule has 0 saturated heterocycles. The van der Waals surface area contributed by atoms with Gasteiger partial charge in [-0.05, 0) is 24.5 Å². The first-order valence-electron chi connectivity index (χ1n) is 6.81. The van der Waals surface area contributed by atoms with Gasteiger partial charge in [0, 0.05) is 18.7 Å². The second kappa shape index (κ2) is 5.90. The number of amides is 1. The summed E-state index contributed by atoms with van der Waals surface area (Å²) >= 11 is 0. The minimum Gasteiger partial charge on any atom is -0.481 e. The highest BCUT2D eigenvalue weighted by atomic mass is 16.4. The van der Waals surface area contributed by atoms with E-state index in [9.17, 15) is 14.7 Å². The van der Waals surface area contributed by atoms with E-state index in [2.05, 4.69) is 0 Å². The minimum absolute atomic E-state index is 0.0763. The second-order valence-corrected chi connectivity index (χ2v) is 5.07. The van der Waals surface area contributed by atoms with Gasteiger partial charge in [0.05, 0.1) is 5.92 Å². The van der Waals surface area contributed by atoms with Crippen molar-refractivity contribution in [2.45, 2.75) is 32.7 Å². The molecule has 1 N–H and O–H groups in total. The Morgan fingerprint density at radius 3 is 2.75 bits per heavy atom. The summed E-state index contributed by atoms with van der Waals surface area (Å²) < 4.78 is 0. The highest BCUT2D eigenvalue weighted by molar-refractivity contribution is 5.93. The van der Waals surface area contributed by atoms with E-state index in [0.29, 0.717) is 12.1 Å². The van der Waals surface area contributed by atoms with Gasteiger partial charge in [0.2, 0.25) is 5.91 Å². The van der Waals surface area contributed by atoms with Crippen LogP contribution in [0.15, 0.2) is 35.9 Å². The van der Waals surface area contributed by atoms with Gasteiger partial charge < -0.3 is 10.0 Å². The summed E-state index contributed by atoms with van der Waals surface area (Å²) in [4.78, 5) is 25.4. The number of carbonyl (C=O) groups is 2. The molecule has 1 aliphatic heterocycles. The Hall–Kier alpha value is -2.10. The predicted octanol–water partition coefficient (Wildman–Crippen LogP) is 2.55. The number of allylic oxidation sites excluding steroid dienone is 1. The molecule has 1 atom stereocenters. The van der Waals surface area contributed by atoms with E-state index < -0.39 is 11.9 Å². The summed E-state index contributed by atoms with van der Waals surface area (Å²) in [6, 6.07) is 7.45. The Morgan fingerprint density at radius 2 is 2.10 bits per heavy atom. The van der Waals surface area contributed by atoms with Crippen LogP contribution in [0.1, 0.15) is 37.3 Å². The lowest BCUT2D eigenvalue weighted by Crippen LogP contribution is -2.40. The van der Waals surface area contributed by atoms with Crippen molar-refractivity contribution in [3.05, 3.63) is 47.0 Å². The van der Waals surface area contributed by atoms with Crippen molar-refractivity contribution in [3.8, 4) is 0 Å². The number of aliphatic carboxylic acids is 1. The van der Waals surface area contributed by atoms with Gasteiger partial charge in [-0.25, -0.2) is 0 Å². The Labute approximate surface area is 118 Å². The third-order valence-electron chi connectivity index (χ3n) is 3.63. The summed E-state index contributed by atoms with van der Waals surface area (Å²) in [5, 5.41) is 9.37. The van der Waals surface area contributed by atoms with Gasteiger partial charge in [-0.15, -0.1) is 0 Å². The van der Waals surface area contributed by atoms with E-state index in [4.69, 9.17) is 0 Å². The molecule has 0 aliphatic carbocycles. The molecule has 1 unspecified atom stereocenters. The number of rotatable bonds is 3. The van der Waals surface area contributed by atoms with Gasteiger partial charge in [0.25, 0.3) is 0 Å². The van der Waals surface area contributed by atoms with Crippen LogP contribution in [0.3, 0.4) is 0 Å². The third-order valence-corrected chi connectivity index (χ3v) is 3.63. The first-order valence-corrected chi connectivity index (χ1v) is 6.81. The Kier molecular flexibility index (Phi) is 4.23. The molecule has 0 saturated carbocycles. The molecule has 106 valence electrons. The molecule has 20 heavy (non-hydrogen) atoms. The number of carboxylic acid groups (broad SMARTS) is 1. The number of carboxylic acids is 1. The molecule has 1 amide bonds. The van der Waals surface area contributed by atoms with E-state index in [1.165, 1.54) is 0 Å². The molecule has 0 radical (unpaired) electrons. The van der Waals surface area contributed by atoms with Gasteiger partial charge in [-0.2, -0.15) is 0 Å². The lowest BCUT2D eigenvalue weighted by molar-refractivity contribution is -0.140. The van der Waals surface area contributed by atoms with Gasteiger partial charge in [0.1, 0.15) is 0 Å². The van der Waals surface area contributed by atoms with Crippen LogP contribution in [0.4, 0.5) is 0 Å². The predicted molar refractivity (Wildman–Crippen MR) is 76.3 cm³/mol. The van der Waals surface area contributed by atoms with Crippen LogP contribution in [0, 0.1) is 0 Å². The molecule has 0 fully saturated rings. The number of benzene rings is 1. The molecule has 4 nitrogen and oxygen atoms in total. The number of carbonyl (C=O) groups excluding carboxylic acids is 1. The molecule has 1 aliphatic rings. The Morgan fingerprint density at radius 1 is 1.40 bits per heavy atom. The van der Waals surface area contributed by atoms with Crippen molar-refractivity contribution in [2.75, 3.05) is 6.54 Å². The van der Waals surface area contributed by atoms with Crippen molar-refractivity contribution in [2.24, 2.45) is 0 Å². The fourth-order valence-electron chi connectivity index (χ4n) is 2.62. The molecule has 1 aromatic carbocycles. The molecule has 1 heterocycles. The van der Waals surface area contributed by atoms with E-state index in [1.807, 2.05) is 37.3 Å². The van der Waals surface area contributed by atoms with E-state index in [1.54, 1.807) is 11.8 Å². The van der Waals surface area contributed by atoms with Crippen LogP contribution in [0.25, 0.3) is 0 Å². The minimum atomic E-state index is -0.882. The maximum atomic E-state index is 12.3. The summed E-state index contributed by atoms with van der Waals surface area (Å²) in [5.74, 6) is -1.60. The van der Waals surface area contributed by atoms with E-state index in [-0.39, 0.29) is 12.5 Å². The average Bonchev–Trinajstić information content (AvgIpc) is 2.45. The van der Waals surface area contributed by atoms with Crippen LogP contribution in [-0.4, -0.2) is 28.4 Å². The summed E-state index contributed by atoms with van der Waals surface area (Å²) in [7, 11) is 0. The van der Waals surface area contributed by atoms with Crippen LogP contribution in [0.5, 0.6) is 0 Å². The van der Waals surface area contributed by atoms with Crippen molar-refractivity contribution in [1.82, 2.24) is 4.90 Å². The van der Waals surface area contributed by atoms with E-state index in [0.717, 1.165) is 17.5 Å². The normalized spacial score (nSPS) is 18.6. The first kappa shape index (κ1) is 14.3. The SMILES string of the molecule is CCC=C(C)C(=O)N1Cc2ccccc2C(C(=O)O)C1. The van der Waals surface area contributed by atoms with Gasteiger partial charge in [-0.3, -0.25) is 9.59 Å². The molecule has 1 aromatic rings. The zero-order chi connectivity index (χ0) is 14.7. The summed E-state index contributed by atoms with van der Waals surface area (Å²) in [5.41, 5.74) is 2.42. The molecular formula is C16H19NO3. The third kappa shape index (κ3) is 2.74. The number of hydrogen-bond donors (Lipinski definition) is 1. The van der Waals surface area contributed by atoms with Gasteiger partial charge >= 0.3 is 5.97 Å². The Bertz CT molecular complexity index is 563. The fourth-order valence-corrected chi connectivity index (χ4v) is 2.62. The quantitative estimate of drug-likeness (QED) is 0.861. The molecule has 2 rings (SSSR count).